The van der Waals surface area contributed by atoms with E-state index in [1.165, 1.54) is 11.8 Å². The molecule has 0 aliphatic carbocycles. The van der Waals surface area contributed by atoms with Crippen molar-refractivity contribution in [2.75, 3.05) is 11.1 Å². The van der Waals surface area contributed by atoms with E-state index in [9.17, 15) is 9.59 Å². The van der Waals surface area contributed by atoms with E-state index in [2.05, 4.69) is 27.4 Å². The monoisotopic (exact) mass is 435 g/mol. The fourth-order valence-corrected chi connectivity index (χ4v) is 3.80. The summed E-state index contributed by atoms with van der Waals surface area (Å²) < 4.78 is 1.86. The molecular formula is C23H25N5O2S. The first-order valence-corrected chi connectivity index (χ1v) is 10.9. The lowest BCUT2D eigenvalue weighted by Crippen LogP contribution is -2.29. The zero-order valence-electron chi connectivity index (χ0n) is 17.5. The molecule has 0 unspecified atom stereocenters. The van der Waals surface area contributed by atoms with Crippen LogP contribution in [0.15, 0.2) is 72.4 Å². The van der Waals surface area contributed by atoms with Gasteiger partial charge in [0.05, 0.1) is 11.8 Å². The molecule has 3 rings (SSSR count). The highest BCUT2D eigenvalue weighted by Crippen LogP contribution is 2.21. The largest absolute Gasteiger partial charge is 0.342 e. The van der Waals surface area contributed by atoms with Gasteiger partial charge in [-0.2, -0.15) is 0 Å². The summed E-state index contributed by atoms with van der Waals surface area (Å²) in [6, 6.07) is 16.3. The van der Waals surface area contributed by atoms with Gasteiger partial charge in [-0.05, 0) is 37.6 Å². The molecule has 3 aromatic rings. The summed E-state index contributed by atoms with van der Waals surface area (Å²) in [6.45, 7) is 8.02. The Morgan fingerprint density at radius 3 is 2.55 bits per heavy atom. The van der Waals surface area contributed by atoms with E-state index in [4.69, 9.17) is 0 Å². The molecule has 2 amide bonds. The lowest BCUT2D eigenvalue weighted by molar-refractivity contribution is -0.113. The molecule has 0 saturated heterocycles. The second-order valence-corrected chi connectivity index (χ2v) is 7.90. The molecule has 1 aromatic heterocycles. The van der Waals surface area contributed by atoms with Gasteiger partial charge in [-0.25, -0.2) is 0 Å². The number of thioether (sulfide) groups is 1. The molecule has 2 N–H and O–H groups in total. The predicted molar refractivity (Wildman–Crippen MR) is 123 cm³/mol. The van der Waals surface area contributed by atoms with Crippen LogP contribution in [0.5, 0.6) is 0 Å². The van der Waals surface area contributed by atoms with Gasteiger partial charge in [-0.3, -0.25) is 9.59 Å². The summed E-state index contributed by atoms with van der Waals surface area (Å²) in [5, 5.41) is 14.9. The molecule has 0 aliphatic heterocycles. The smallest absolute Gasteiger partial charge is 0.252 e. The number of hydrogen-bond donors (Lipinski definition) is 2. The van der Waals surface area contributed by atoms with Crippen molar-refractivity contribution in [2.45, 2.75) is 31.6 Å². The minimum atomic E-state index is -0.368. The van der Waals surface area contributed by atoms with Crippen LogP contribution in [0.25, 0.3) is 0 Å². The average Bonchev–Trinajstić information content (AvgIpc) is 3.16. The molecule has 31 heavy (non-hydrogen) atoms. The standard InChI is InChI=1S/C23H25N5O2S/c1-4-14-28-21(17(3)24-22(30)19-13-9-8-10-16(19)2)26-27-23(28)31-15-20(29)25-18-11-6-5-7-12-18/h4-13,17H,1,14-15H2,2-3H3,(H,24,30)(H,25,29)/t17-/m1/s1. The molecule has 0 bridgehead atoms. The van der Waals surface area contributed by atoms with Crippen LogP contribution in [0.2, 0.25) is 0 Å². The van der Waals surface area contributed by atoms with Crippen LogP contribution in [-0.4, -0.2) is 32.3 Å². The normalized spacial score (nSPS) is 11.5. The Bertz CT molecular complexity index is 1060. The summed E-state index contributed by atoms with van der Waals surface area (Å²) in [4.78, 5) is 24.9. The van der Waals surface area contributed by atoms with Gasteiger partial charge in [-0.15, -0.1) is 16.8 Å². The van der Waals surface area contributed by atoms with E-state index in [1.54, 1.807) is 12.1 Å². The number of amides is 2. The zero-order chi connectivity index (χ0) is 22.2. The third-order valence-corrected chi connectivity index (χ3v) is 5.54. The van der Waals surface area contributed by atoms with Gasteiger partial charge in [0.1, 0.15) is 0 Å². The zero-order valence-corrected chi connectivity index (χ0v) is 18.4. The summed E-state index contributed by atoms with van der Waals surface area (Å²) >= 11 is 1.29. The van der Waals surface area contributed by atoms with Crippen LogP contribution >= 0.6 is 11.8 Å². The fourth-order valence-electron chi connectivity index (χ4n) is 3.04. The molecule has 0 aliphatic rings. The average molecular weight is 436 g/mol. The SMILES string of the molecule is C=CCn1c(SCC(=O)Nc2ccccc2)nnc1[C@@H](C)NC(=O)c1ccccc1C. The van der Waals surface area contributed by atoms with Crippen molar-refractivity contribution in [1.82, 2.24) is 20.1 Å². The number of aromatic nitrogens is 3. The minimum Gasteiger partial charge on any atom is -0.342 e. The number of rotatable bonds is 9. The number of benzene rings is 2. The van der Waals surface area contributed by atoms with Crippen molar-refractivity contribution in [3.63, 3.8) is 0 Å². The van der Waals surface area contributed by atoms with Crippen molar-refractivity contribution in [3.05, 3.63) is 84.2 Å². The van der Waals surface area contributed by atoms with Crippen molar-refractivity contribution in [1.29, 1.82) is 0 Å². The molecule has 2 aromatic carbocycles. The number of aryl methyl sites for hydroxylation is 1. The second-order valence-electron chi connectivity index (χ2n) is 6.95. The Morgan fingerprint density at radius 2 is 1.84 bits per heavy atom. The van der Waals surface area contributed by atoms with Crippen LogP contribution in [0.3, 0.4) is 0 Å². The first kappa shape index (κ1) is 22.3. The van der Waals surface area contributed by atoms with Crippen LogP contribution in [-0.2, 0) is 11.3 Å². The van der Waals surface area contributed by atoms with Crippen molar-refractivity contribution in [3.8, 4) is 0 Å². The van der Waals surface area contributed by atoms with Gasteiger partial charge in [0.2, 0.25) is 5.91 Å². The molecular weight excluding hydrogens is 410 g/mol. The molecule has 1 heterocycles. The second kappa shape index (κ2) is 10.6. The Balaban J connectivity index is 1.67. The molecule has 0 fully saturated rings. The first-order chi connectivity index (χ1) is 15.0. The van der Waals surface area contributed by atoms with Gasteiger partial charge in [-0.1, -0.05) is 54.2 Å². The highest BCUT2D eigenvalue weighted by molar-refractivity contribution is 7.99. The maximum atomic E-state index is 12.7. The minimum absolute atomic E-state index is 0.133. The fraction of sp³-hybridized carbons (Fsp3) is 0.217. The summed E-state index contributed by atoms with van der Waals surface area (Å²) in [5.74, 6) is 0.489. The number of nitrogens with one attached hydrogen (secondary N) is 2. The van der Waals surface area contributed by atoms with Gasteiger partial charge in [0.25, 0.3) is 5.91 Å². The van der Waals surface area contributed by atoms with Gasteiger partial charge >= 0.3 is 0 Å². The summed E-state index contributed by atoms with van der Waals surface area (Å²) in [7, 11) is 0. The number of para-hydroxylation sites is 1. The van der Waals surface area contributed by atoms with E-state index in [0.717, 1.165) is 11.3 Å². The molecule has 0 radical (unpaired) electrons. The Kier molecular flexibility index (Phi) is 7.61. The van der Waals surface area contributed by atoms with E-state index >= 15 is 0 Å². The van der Waals surface area contributed by atoms with Crippen LogP contribution in [0, 0.1) is 6.92 Å². The molecule has 7 nitrogen and oxygen atoms in total. The number of carbonyl (C=O) groups excluding carboxylic acids is 2. The molecule has 0 spiro atoms. The Morgan fingerprint density at radius 1 is 1.13 bits per heavy atom. The highest BCUT2D eigenvalue weighted by atomic mass is 32.2. The lowest BCUT2D eigenvalue weighted by Gasteiger charge is -2.16. The number of carbonyl (C=O) groups is 2. The van der Waals surface area contributed by atoms with E-state index in [-0.39, 0.29) is 23.6 Å². The molecule has 8 heteroatoms. The van der Waals surface area contributed by atoms with Gasteiger partial charge in [0, 0.05) is 17.8 Å². The number of nitrogens with zero attached hydrogens (tertiary/aromatic N) is 3. The van der Waals surface area contributed by atoms with Crippen molar-refractivity contribution >= 4 is 29.3 Å². The number of anilines is 1. The van der Waals surface area contributed by atoms with E-state index < -0.39 is 0 Å². The van der Waals surface area contributed by atoms with Crippen LogP contribution in [0.1, 0.15) is 34.7 Å². The van der Waals surface area contributed by atoms with Crippen LogP contribution < -0.4 is 10.6 Å². The quantitative estimate of drug-likeness (QED) is 0.392. The maximum absolute atomic E-state index is 12.7. The first-order valence-electron chi connectivity index (χ1n) is 9.87. The third-order valence-electron chi connectivity index (χ3n) is 4.57. The van der Waals surface area contributed by atoms with Gasteiger partial charge in [0.15, 0.2) is 11.0 Å². The predicted octanol–water partition coefficient (Wildman–Crippen LogP) is 3.99. The molecule has 160 valence electrons. The lowest BCUT2D eigenvalue weighted by atomic mass is 10.1. The maximum Gasteiger partial charge on any atom is 0.252 e. The molecule has 0 saturated carbocycles. The van der Waals surface area contributed by atoms with Gasteiger partial charge < -0.3 is 15.2 Å². The Labute approximate surface area is 186 Å². The topological polar surface area (TPSA) is 88.9 Å². The number of allylic oxidation sites excluding steroid dienone is 1. The highest BCUT2D eigenvalue weighted by Gasteiger charge is 2.21. The Hall–Kier alpha value is -3.39. The summed E-state index contributed by atoms with van der Waals surface area (Å²) in [6.07, 6.45) is 1.73. The van der Waals surface area contributed by atoms with E-state index in [0.29, 0.717) is 23.1 Å². The van der Waals surface area contributed by atoms with Crippen LogP contribution in [0.4, 0.5) is 5.69 Å². The molecule has 1 atom stereocenters. The third kappa shape index (κ3) is 5.82. The van der Waals surface area contributed by atoms with Crippen molar-refractivity contribution < 1.29 is 9.59 Å². The van der Waals surface area contributed by atoms with E-state index in [1.807, 2.05) is 66.9 Å². The number of hydrogen-bond acceptors (Lipinski definition) is 5. The van der Waals surface area contributed by atoms with Crippen molar-refractivity contribution in [2.24, 2.45) is 0 Å². The summed E-state index contributed by atoms with van der Waals surface area (Å²) in [5.41, 5.74) is 2.27.